The van der Waals surface area contributed by atoms with E-state index in [4.69, 9.17) is 10.6 Å². The summed E-state index contributed by atoms with van der Waals surface area (Å²) in [6, 6.07) is 11.8. The Morgan fingerprint density at radius 3 is 2.38 bits per heavy atom. The van der Waals surface area contributed by atoms with Gasteiger partial charge in [0, 0.05) is 10.0 Å². The number of rotatable bonds is 5. The Balaban J connectivity index is 2.31. The van der Waals surface area contributed by atoms with Gasteiger partial charge < -0.3 is 4.74 Å². The monoisotopic (exact) mass is 352 g/mol. The molecule has 0 saturated heterocycles. The van der Waals surface area contributed by atoms with Crippen molar-refractivity contribution in [3.8, 4) is 5.75 Å². The summed E-state index contributed by atoms with van der Waals surface area (Å²) in [5.74, 6) is 6.09. The molecule has 112 valence electrons. The number of benzene rings is 2. The topological polar surface area (TPSA) is 47.3 Å². The second-order valence-electron chi connectivity index (χ2n) is 5.00. The minimum absolute atomic E-state index is 0.113. The van der Waals surface area contributed by atoms with Crippen LogP contribution in [0.1, 0.15) is 31.0 Å². The number of nitrogens with one attached hydrogen (secondary N) is 1. The molecule has 5 heteroatoms. The van der Waals surface area contributed by atoms with Crippen molar-refractivity contribution in [2.75, 3.05) is 0 Å². The summed E-state index contributed by atoms with van der Waals surface area (Å²) in [7, 11) is 0. The molecule has 3 N–H and O–H groups in total. The summed E-state index contributed by atoms with van der Waals surface area (Å²) >= 11 is 3.35. The third-order valence-corrected chi connectivity index (χ3v) is 3.51. The normalized spacial score (nSPS) is 12.5. The Hall–Kier alpha value is -1.43. The van der Waals surface area contributed by atoms with Crippen molar-refractivity contribution in [1.29, 1.82) is 0 Å². The largest absolute Gasteiger partial charge is 0.491 e. The number of hydrazine groups is 1. The summed E-state index contributed by atoms with van der Waals surface area (Å²) in [6.07, 6.45) is 0.113. The molecule has 0 saturated carbocycles. The quantitative estimate of drug-likeness (QED) is 0.633. The molecular weight excluding hydrogens is 335 g/mol. The van der Waals surface area contributed by atoms with Crippen LogP contribution in [0.25, 0.3) is 0 Å². The molecule has 0 radical (unpaired) electrons. The van der Waals surface area contributed by atoms with E-state index in [2.05, 4.69) is 21.4 Å². The fourth-order valence-electron chi connectivity index (χ4n) is 2.11. The summed E-state index contributed by atoms with van der Waals surface area (Å²) in [4.78, 5) is 0. The van der Waals surface area contributed by atoms with Gasteiger partial charge in [-0.25, -0.2) is 9.82 Å². The van der Waals surface area contributed by atoms with E-state index in [1.807, 2.05) is 38.1 Å². The lowest BCUT2D eigenvalue weighted by Gasteiger charge is -2.18. The molecule has 21 heavy (non-hydrogen) atoms. The lowest BCUT2D eigenvalue weighted by molar-refractivity contribution is 0.242. The standard InChI is InChI=1S/C16H18BrFN2O/c1-10(2)21-13-6-3-11(4-7-13)16(20-19)14-9-12(17)5-8-15(14)18/h3-10,16,20H,19H2,1-2H3. The average molecular weight is 353 g/mol. The Labute approximate surface area is 132 Å². The van der Waals surface area contributed by atoms with Gasteiger partial charge in [0.25, 0.3) is 0 Å². The molecule has 0 aliphatic rings. The number of hydrogen-bond donors (Lipinski definition) is 2. The van der Waals surface area contributed by atoms with Gasteiger partial charge >= 0.3 is 0 Å². The second kappa shape index (κ2) is 7.02. The Bertz CT molecular complexity index is 602. The average Bonchev–Trinajstić information content (AvgIpc) is 2.44. The van der Waals surface area contributed by atoms with Gasteiger partial charge in [-0.15, -0.1) is 0 Å². The first-order chi connectivity index (χ1) is 10.0. The van der Waals surface area contributed by atoms with Crippen molar-refractivity contribution in [3.05, 3.63) is 63.9 Å². The SMILES string of the molecule is CC(C)Oc1ccc(C(NN)c2cc(Br)ccc2F)cc1. The van der Waals surface area contributed by atoms with Crippen LogP contribution in [-0.4, -0.2) is 6.10 Å². The molecule has 1 unspecified atom stereocenters. The molecule has 0 bridgehead atoms. The first-order valence-electron chi connectivity index (χ1n) is 6.69. The molecule has 0 aliphatic heterocycles. The number of halogens is 2. The van der Waals surface area contributed by atoms with Crippen LogP contribution in [0.5, 0.6) is 5.75 Å². The smallest absolute Gasteiger partial charge is 0.128 e. The van der Waals surface area contributed by atoms with Crippen molar-refractivity contribution in [2.45, 2.75) is 26.0 Å². The van der Waals surface area contributed by atoms with Crippen molar-refractivity contribution in [1.82, 2.24) is 5.43 Å². The van der Waals surface area contributed by atoms with E-state index in [1.165, 1.54) is 6.07 Å². The Morgan fingerprint density at radius 1 is 1.14 bits per heavy atom. The van der Waals surface area contributed by atoms with Crippen LogP contribution in [0.4, 0.5) is 4.39 Å². The summed E-state index contributed by atoms with van der Waals surface area (Å²) in [5, 5.41) is 0. The zero-order valence-electron chi connectivity index (χ0n) is 11.9. The van der Waals surface area contributed by atoms with Crippen LogP contribution in [0, 0.1) is 5.82 Å². The first-order valence-corrected chi connectivity index (χ1v) is 7.48. The molecule has 0 fully saturated rings. The highest BCUT2D eigenvalue weighted by molar-refractivity contribution is 9.10. The molecule has 0 spiro atoms. The van der Waals surface area contributed by atoms with E-state index in [1.54, 1.807) is 12.1 Å². The molecule has 0 aromatic heterocycles. The maximum atomic E-state index is 14.0. The van der Waals surface area contributed by atoms with Gasteiger partial charge in [-0.05, 0) is 49.7 Å². The highest BCUT2D eigenvalue weighted by Gasteiger charge is 2.17. The predicted octanol–water partition coefficient (Wildman–Crippen LogP) is 3.93. The van der Waals surface area contributed by atoms with Crippen molar-refractivity contribution in [2.24, 2.45) is 5.84 Å². The van der Waals surface area contributed by atoms with Gasteiger partial charge in [-0.2, -0.15) is 0 Å². The third-order valence-electron chi connectivity index (χ3n) is 3.02. The lowest BCUT2D eigenvalue weighted by Crippen LogP contribution is -2.29. The van der Waals surface area contributed by atoms with E-state index in [9.17, 15) is 4.39 Å². The van der Waals surface area contributed by atoms with Gasteiger partial charge in [0.15, 0.2) is 0 Å². The van der Waals surface area contributed by atoms with E-state index in [0.717, 1.165) is 15.8 Å². The van der Waals surface area contributed by atoms with E-state index in [0.29, 0.717) is 5.56 Å². The number of hydrogen-bond acceptors (Lipinski definition) is 3. The highest BCUT2D eigenvalue weighted by atomic mass is 79.9. The van der Waals surface area contributed by atoms with Gasteiger partial charge in [0.1, 0.15) is 11.6 Å². The molecule has 0 heterocycles. The van der Waals surface area contributed by atoms with Crippen LogP contribution in [0.3, 0.4) is 0 Å². The fraction of sp³-hybridized carbons (Fsp3) is 0.250. The minimum Gasteiger partial charge on any atom is -0.491 e. The second-order valence-corrected chi connectivity index (χ2v) is 5.92. The van der Waals surface area contributed by atoms with Gasteiger partial charge in [-0.1, -0.05) is 28.1 Å². The molecule has 1 atom stereocenters. The molecule has 2 aromatic carbocycles. The van der Waals surface area contributed by atoms with E-state index in [-0.39, 0.29) is 11.9 Å². The van der Waals surface area contributed by atoms with Gasteiger partial charge in [0.2, 0.25) is 0 Å². The predicted molar refractivity (Wildman–Crippen MR) is 85.5 cm³/mol. The fourth-order valence-corrected chi connectivity index (χ4v) is 2.49. The number of nitrogens with two attached hydrogens (primary N) is 1. The molecule has 2 rings (SSSR count). The summed E-state index contributed by atoms with van der Waals surface area (Å²) in [5.41, 5.74) is 4.02. The lowest BCUT2D eigenvalue weighted by atomic mass is 9.99. The van der Waals surface area contributed by atoms with Crippen LogP contribution in [0.2, 0.25) is 0 Å². The van der Waals surface area contributed by atoms with Crippen molar-refractivity contribution < 1.29 is 9.13 Å². The molecule has 0 aliphatic carbocycles. The Morgan fingerprint density at radius 2 is 1.81 bits per heavy atom. The highest BCUT2D eigenvalue weighted by Crippen LogP contribution is 2.28. The van der Waals surface area contributed by atoms with Crippen LogP contribution < -0.4 is 16.0 Å². The zero-order valence-corrected chi connectivity index (χ0v) is 13.5. The number of ether oxygens (including phenoxy) is 1. The van der Waals surface area contributed by atoms with Crippen LogP contribution in [-0.2, 0) is 0 Å². The van der Waals surface area contributed by atoms with E-state index >= 15 is 0 Å². The van der Waals surface area contributed by atoms with E-state index < -0.39 is 6.04 Å². The molecule has 0 amide bonds. The zero-order chi connectivity index (χ0) is 15.4. The maximum Gasteiger partial charge on any atom is 0.128 e. The third kappa shape index (κ3) is 4.03. The first kappa shape index (κ1) is 15.9. The Kier molecular flexibility index (Phi) is 5.33. The molecule has 3 nitrogen and oxygen atoms in total. The maximum absolute atomic E-state index is 14.0. The van der Waals surface area contributed by atoms with Crippen molar-refractivity contribution in [3.63, 3.8) is 0 Å². The van der Waals surface area contributed by atoms with Crippen LogP contribution >= 0.6 is 15.9 Å². The summed E-state index contributed by atoms with van der Waals surface area (Å²) in [6.45, 7) is 3.93. The minimum atomic E-state index is -0.421. The molecular formula is C16H18BrFN2O. The molecule has 2 aromatic rings. The summed E-state index contributed by atoms with van der Waals surface area (Å²) < 4.78 is 20.4. The van der Waals surface area contributed by atoms with Gasteiger partial charge in [0.05, 0.1) is 12.1 Å². The van der Waals surface area contributed by atoms with Gasteiger partial charge in [-0.3, -0.25) is 5.84 Å². The van der Waals surface area contributed by atoms with Crippen LogP contribution in [0.15, 0.2) is 46.9 Å². The van der Waals surface area contributed by atoms with Crippen molar-refractivity contribution >= 4 is 15.9 Å².